The molecule has 0 heterocycles. The summed E-state index contributed by atoms with van der Waals surface area (Å²) in [5.41, 5.74) is 6.75. The van der Waals surface area contributed by atoms with E-state index in [1.807, 2.05) is 0 Å². The first-order valence-electron chi connectivity index (χ1n) is 31.4. The Balaban J connectivity index is 1.77. The third kappa shape index (κ3) is 25.8. The summed E-state index contributed by atoms with van der Waals surface area (Å²) in [6.45, 7) is 23.7. The predicted octanol–water partition coefficient (Wildman–Crippen LogP) is 21.7. The summed E-state index contributed by atoms with van der Waals surface area (Å²) in [5, 5.41) is 0. The van der Waals surface area contributed by atoms with Crippen molar-refractivity contribution in [2.45, 2.75) is 288 Å². The second kappa shape index (κ2) is 37.6. The fourth-order valence-electron chi connectivity index (χ4n) is 12.3. The van der Waals surface area contributed by atoms with Crippen LogP contribution in [-0.4, -0.2) is 25.2 Å². The molecule has 4 nitrogen and oxygen atoms in total. The maximum absolute atomic E-state index is 13.6. The summed E-state index contributed by atoms with van der Waals surface area (Å²) in [6, 6.07) is 0. The number of rotatable bonds is 39. The Morgan fingerprint density at radius 3 is 1.55 bits per heavy atom. The Labute approximate surface area is 458 Å². The van der Waals surface area contributed by atoms with E-state index in [1.54, 1.807) is 0 Å². The fraction of sp³-hybridized carbons (Fsp3) is 0.743. The molecule has 0 aromatic rings. The van der Waals surface area contributed by atoms with Crippen LogP contribution in [0.25, 0.3) is 0 Å². The third-order valence-electron chi connectivity index (χ3n) is 17.6. The van der Waals surface area contributed by atoms with E-state index in [4.69, 9.17) is 9.47 Å². The highest BCUT2D eigenvalue weighted by molar-refractivity contribution is 5.69. The summed E-state index contributed by atoms with van der Waals surface area (Å²) in [6.07, 6.45) is 66.6. The van der Waals surface area contributed by atoms with E-state index in [9.17, 15) is 9.59 Å². The molecule has 0 fully saturated rings. The van der Waals surface area contributed by atoms with Crippen molar-refractivity contribution in [1.82, 2.24) is 0 Å². The Bertz CT molecular complexity index is 1820. The van der Waals surface area contributed by atoms with Gasteiger partial charge >= 0.3 is 11.9 Å². The van der Waals surface area contributed by atoms with Gasteiger partial charge in [0.1, 0.15) is 0 Å². The van der Waals surface area contributed by atoms with Gasteiger partial charge in [-0.25, -0.2) is 0 Å². The number of hydrogen-bond acceptors (Lipinski definition) is 4. The largest absolute Gasteiger partial charge is 0.465 e. The minimum Gasteiger partial charge on any atom is -0.465 e. The van der Waals surface area contributed by atoms with Crippen molar-refractivity contribution in [2.75, 3.05) is 13.2 Å². The topological polar surface area (TPSA) is 52.6 Å². The molecule has 0 radical (unpaired) electrons. The van der Waals surface area contributed by atoms with Gasteiger partial charge in [-0.05, 0) is 94.1 Å². The van der Waals surface area contributed by atoms with Crippen molar-refractivity contribution in [2.24, 2.45) is 34.0 Å². The van der Waals surface area contributed by atoms with E-state index in [0.717, 1.165) is 32.1 Å². The second-order valence-corrected chi connectivity index (χ2v) is 25.1. The highest BCUT2D eigenvalue weighted by Gasteiger charge is 2.46. The standard InChI is InChI=1S/C70H116O4/c1-11-13-15-17-19-21-23-25-27-29-31-33-38-47-66(71)73-56-63-60(5)55-62(54-58(3)49-50-64-59(4)44-43-52-69(64,8)9)70(10,53-41-36-35-37-45-61-46-40-42-51-68(61,6)7)65(63)57-74-67(72)48-39-34-32-30-28-26-24-22-20-18-16-14-12-2/h35-37,41,45-46,49-50,53-55,62-63,65H,11-34,38-40,42-44,47-48,51-52,56-57H2,1-10H3/b36-35+,45-37+,50-49+,53-41+,58-54+. The van der Waals surface area contributed by atoms with Crippen molar-refractivity contribution < 1.29 is 19.1 Å². The molecule has 0 saturated carbocycles. The van der Waals surface area contributed by atoms with E-state index in [-0.39, 0.29) is 47.1 Å². The van der Waals surface area contributed by atoms with Crippen molar-refractivity contribution in [1.29, 1.82) is 0 Å². The highest BCUT2D eigenvalue weighted by Crippen LogP contribution is 2.50. The molecular weight excluding hydrogens is 905 g/mol. The van der Waals surface area contributed by atoms with Crippen LogP contribution in [-0.2, 0) is 19.1 Å². The minimum atomic E-state index is -0.433. The third-order valence-corrected chi connectivity index (χ3v) is 17.6. The van der Waals surface area contributed by atoms with Gasteiger partial charge < -0.3 is 9.47 Å². The lowest BCUT2D eigenvalue weighted by Gasteiger charge is -2.47. The monoisotopic (exact) mass is 1020 g/mol. The van der Waals surface area contributed by atoms with Gasteiger partial charge in [-0.2, -0.15) is 0 Å². The molecule has 0 spiro atoms. The minimum absolute atomic E-state index is 0.0393. The zero-order valence-corrected chi connectivity index (χ0v) is 50.2. The number of unbranched alkanes of at least 4 members (excludes halogenated alkanes) is 24. The zero-order valence-electron chi connectivity index (χ0n) is 50.2. The Morgan fingerprint density at radius 2 is 1.05 bits per heavy atom. The second-order valence-electron chi connectivity index (χ2n) is 25.1. The predicted molar refractivity (Wildman–Crippen MR) is 321 cm³/mol. The summed E-state index contributed by atoms with van der Waals surface area (Å²) in [7, 11) is 0. The molecule has 4 unspecified atom stereocenters. The summed E-state index contributed by atoms with van der Waals surface area (Å²) < 4.78 is 12.6. The molecule has 4 heteroatoms. The first-order chi connectivity index (χ1) is 35.6. The van der Waals surface area contributed by atoms with Gasteiger partial charge in [-0.15, -0.1) is 0 Å². The molecule has 3 rings (SSSR count). The van der Waals surface area contributed by atoms with Crippen LogP contribution in [0, 0.1) is 34.0 Å². The molecule has 4 atom stereocenters. The van der Waals surface area contributed by atoms with Crippen LogP contribution in [0.1, 0.15) is 288 Å². The van der Waals surface area contributed by atoms with Gasteiger partial charge in [0.05, 0.1) is 13.2 Å². The summed E-state index contributed by atoms with van der Waals surface area (Å²) in [5.74, 6) is -0.358. The van der Waals surface area contributed by atoms with E-state index < -0.39 is 5.41 Å². The first-order valence-corrected chi connectivity index (χ1v) is 31.4. The number of hydrogen-bond donors (Lipinski definition) is 0. The maximum Gasteiger partial charge on any atom is 0.305 e. The fourth-order valence-corrected chi connectivity index (χ4v) is 12.3. The van der Waals surface area contributed by atoms with Gasteiger partial charge in [0, 0.05) is 36.0 Å². The molecule has 0 bridgehead atoms. The molecule has 0 aliphatic heterocycles. The van der Waals surface area contributed by atoms with Crippen molar-refractivity contribution in [3.63, 3.8) is 0 Å². The van der Waals surface area contributed by atoms with Gasteiger partial charge in [-0.3, -0.25) is 9.59 Å². The highest BCUT2D eigenvalue weighted by atomic mass is 16.5. The lowest BCUT2D eigenvalue weighted by molar-refractivity contribution is -0.151. The normalized spacial score (nSPS) is 22.4. The summed E-state index contributed by atoms with van der Waals surface area (Å²) in [4.78, 5) is 27.1. The van der Waals surface area contributed by atoms with Crippen LogP contribution in [0.5, 0.6) is 0 Å². The van der Waals surface area contributed by atoms with Crippen LogP contribution in [0.2, 0.25) is 0 Å². The average Bonchev–Trinajstić information content (AvgIpc) is 3.35. The molecular formula is C70H116O4. The quantitative estimate of drug-likeness (QED) is 0.0266. The van der Waals surface area contributed by atoms with E-state index in [0.29, 0.717) is 19.4 Å². The maximum atomic E-state index is 13.6. The van der Waals surface area contributed by atoms with Gasteiger partial charge in [0.15, 0.2) is 0 Å². The lowest BCUT2D eigenvalue weighted by atomic mass is 9.58. The smallest absolute Gasteiger partial charge is 0.305 e. The molecule has 0 aromatic heterocycles. The summed E-state index contributed by atoms with van der Waals surface area (Å²) >= 11 is 0. The van der Waals surface area contributed by atoms with Crippen molar-refractivity contribution in [3.8, 4) is 0 Å². The average molecular weight is 1020 g/mol. The zero-order chi connectivity index (χ0) is 53.9. The molecule has 420 valence electrons. The van der Waals surface area contributed by atoms with E-state index in [2.05, 4.69) is 136 Å². The lowest BCUT2D eigenvalue weighted by Crippen LogP contribution is -2.45. The number of ether oxygens (including phenoxy) is 2. The van der Waals surface area contributed by atoms with Crippen molar-refractivity contribution in [3.05, 3.63) is 94.7 Å². The van der Waals surface area contributed by atoms with E-state index >= 15 is 0 Å². The molecule has 0 saturated heterocycles. The molecule has 3 aliphatic carbocycles. The van der Waals surface area contributed by atoms with Gasteiger partial charge in [0.25, 0.3) is 0 Å². The molecule has 0 amide bonds. The van der Waals surface area contributed by atoms with Crippen LogP contribution in [0.15, 0.2) is 94.7 Å². The number of allylic oxidation sites excluding steroid dienone is 15. The van der Waals surface area contributed by atoms with Gasteiger partial charge in [0.2, 0.25) is 0 Å². The van der Waals surface area contributed by atoms with Crippen LogP contribution < -0.4 is 0 Å². The van der Waals surface area contributed by atoms with Gasteiger partial charge in [-0.1, -0.05) is 286 Å². The Morgan fingerprint density at radius 1 is 0.581 bits per heavy atom. The van der Waals surface area contributed by atoms with Crippen LogP contribution in [0.4, 0.5) is 0 Å². The Kier molecular flexibility index (Phi) is 33.1. The number of carbonyl (C=O) groups is 2. The molecule has 3 aliphatic rings. The van der Waals surface area contributed by atoms with Crippen LogP contribution in [0.3, 0.4) is 0 Å². The van der Waals surface area contributed by atoms with E-state index in [1.165, 1.54) is 201 Å². The van der Waals surface area contributed by atoms with Crippen LogP contribution >= 0.6 is 0 Å². The molecule has 74 heavy (non-hydrogen) atoms. The number of carbonyl (C=O) groups excluding carboxylic acids is 2. The Hall–Kier alpha value is -3.14. The first kappa shape index (κ1) is 65.1. The molecule has 0 N–H and O–H groups in total. The SMILES string of the molecule is CCCCCCCCCCCCCCCC(=O)OCC1C(C)=CC(/C=C(C)/C=C/C2=C(C)CCCC2(C)C)C(C)(/C=C/C=C/C=C/C2=CCCCC2(C)C)C1COC(=O)CCCCCCCCCCCCCCC. The molecule has 0 aromatic carbocycles. The van der Waals surface area contributed by atoms with Crippen molar-refractivity contribution >= 4 is 11.9 Å². The number of esters is 2.